The Bertz CT molecular complexity index is 932. The van der Waals surface area contributed by atoms with E-state index in [1.807, 2.05) is 18.2 Å². The Morgan fingerprint density at radius 2 is 1.91 bits per heavy atom. The van der Waals surface area contributed by atoms with Crippen molar-refractivity contribution >= 4 is 17.5 Å². The van der Waals surface area contributed by atoms with Gasteiger partial charge in [0.25, 0.3) is 0 Å². The minimum absolute atomic E-state index is 0.0106. The van der Waals surface area contributed by atoms with Crippen molar-refractivity contribution in [3.63, 3.8) is 0 Å². The number of hydrazine groups is 1. The Morgan fingerprint density at radius 3 is 2.59 bits per heavy atom. The number of anilines is 1. The van der Waals surface area contributed by atoms with Gasteiger partial charge in [0.05, 0.1) is 31.9 Å². The predicted molar refractivity (Wildman–Crippen MR) is 119 cm³/mol. The molecule has 3 atom stereocenters. The summed E-state index contributed by atoms with van der Waals surface area (Å²) in [6, 6.07) is 10.6. The number of pyridine rings is 1. The van der Waals surface area contributed by atoms with Crippen molar-refractivity contribution < 1.29 is 19.1 Å². The van der Waals surface area contributed by atoms with Crippen LogP contribution in [-0.2, 0) is 9.59 Å². The van der Waals surface area contributed by atoms with E-state index in [1.165, 1.54) is 0 Å². The van der Waals surface area contributed by atoms with Crippen molar-refractivity contribution in [1.82, 2.24) is 20.7 Å². The van der Waals surface area contributed by atoms with E-state index in [0.29, 0.717) is 36.7 Å². The topological polar surface area (TPSA) is 105 Å². The van der Waals surface area contributed by atoms with Gasteiger partial charge in [0.1, 0.15) is 17.5 Å². The van der Waals surface area contributed by atoms with Crippen molar-refractivity contribution in [2.75, 3.05) is 32.6 Å². The third-order valence-electron chi connectivity index (χ3n) is 5.97. The molecule has 4 rings (SSSR count). The highest BCUT2D eigenvalue weighted by atomic mass is 16.5. The maximum atomic E-state index is 13.1. The number of piperidine rings is 1. The predicted octanol–water partition coefficient (Wildman–Crippen LogP) is 1.88. The molecular weight excluding hydrogens is 410 g/mol. The molecule has 3 heterocycles. The second-order valence-electron chi connectivity index (χ2n) is 8.10. The minimum atomic E-state index is -0.341. The number of nitrogens with zero attached hydrogens (tertiary/aromatic N) is 2. The van der Waals surface area contributed by atoms with E-state index in [1.54, 1.807) is 43.5 Å². The molecule has 32 heavy (non-hydrogen) atoms. The lowest BCUT2D eigenvalue weighted by atomic mass is 9.95. The molecule has 9 heteroatoms. The number of carbonyl (C=O) groups excluding carboxylic acids is 2. The van der Waals surface area contributed by atoms with Crippen molar-refractivity contribution in [1.29, 1.82) is 0 Å². The van der Waals surface area contributed by atoms with Crippen LogP contribution in [0.2, 0.25) is 0 Å². The summed E-state index contributed by atoms with van der Waals surface area (Å²) >= 11 is 0. The maximum Gasteiger partial charge on any atom is 0.241 e. The monoisotopic (exact) mass is 439 g/mol. The van der Waals surface area contributed by atoms with E-state index in [9.17, 15) is 9.59 Å². The van der Waals surface area contributed by atoms with Crippen molar-refractivity contribution in [3.05, 3.63) is 48.3 Å². The average Bonchev–Trinajstić information content (AvgIpc) is 3.34. The lowest BCUT2D eigenvalue weighted by molar-refractivity contribution is -0.136. The molecule has 2 aromatic rings. The normalized spacial score (nSPS) is 22.9. The van der Waals surface area contributed by atoms with Gasteiger partial charge in [-0.15, -0.1) is 0 Å². The number of aromatic nitrogens is 1. The van der Waals surface area contributed by atoms with E-state index in [-0.39, 0.29) is 29.8 Å². The summed E-state index contributed by atoms with van der Waals surface area (Å²) in [6.07, 6.45) is 3.89. The molecule has 3 N–H and O–H groups in total. The zero-order chi connectivity index (χ0) is 22.5. The molecule has 2 fully saturated rings. The number of rotatable bonds is 6. The molecule has 2 amide bonds. The molecule has 3 unspecified atom stereocenters. The Labute approximate surface area is 187 Å². The summed E-state index contributed by atoms with van der Waals surface area (Å²) in [5.74, 6) is 0.828. The molecular formula is C23H29N5O4. The number of methoxy groups -OCH3 is 2. The molecule has 9 nitrogen and oxygen atoms in total. The molecule has 170 valence electrons. The summed E-state index contributed by atoms with van der Waals surface area (Å²) in [6.45, 7) is 1.06. The van der Waals surface area contributed by atoms with Gasteiger partial charge in [0.15, 0.2) is 0 Å². The highest BCUT2D eigenvalue weighted by Crippen LogP contribution is 2.28. The lowest BCUT2D eigenvalue weighted by Gasteiger charge is -2.33. The number of hydrogen-bond acceptors (Lipinski definition) is 7. The first-order valence-corrected chi connectivity index (χ1v) is 10.8. The summed E-state index contributed by atoms with van der Waals surface area (Å²) in [5, 5.41) is 2.95. The second kappa shape index (κ2) is 9.97. The van der Waals surface area contributed by atoms with Crippen molar-refractivity contribution in [3.8, 4) is 11.5 Å². The van der Waals surface area contributed by atoms with E-state index in [2.05, 4.69) is 21.2 Å². The fourth-order valence-electron chi connectivity index (χ4n) is 4.23. The molecule has 1 aromatic carbocycles. The molecule has 0 aliphatic carbocycles. The summed E-state index contributed by atoms with van der Waals surface area (Å²) in [4.78, 5) is 32.2. The zero-order valence-corrected chi connectivity index (χ0v) is 18.3. The number of nitrogens with one attached hydrogen (secondary N) is 3. The molecule has 0 bridgehead atoms. The fraction of sp³-hybridized carbons (Fsp3) is 0.435. The van der Waals surface area contributed by atoms with Gasteiger partial charge >= 0.3 is 0 Å². The Morgan fingerprint density at radius 1 is 1.12 bits per heavy atom. The first kappa shape index (κ1) is 22.0. The van der Waals surface area contributed by atoms with Gasteiger partial charge in [-0.05, 0) is 31.4 Å². The van der Waals surface area contributed by atoms with Crippen LogP contribution < -0.4 is 25.6 Å². The molecule has 0 radical (unpaired) electrons. The largest absolute Gasteiger partial charge is 0.497 e. The van der Waals surface area contributed by atoms with Crippen LogP contribution in [0.1, 0.15) is 31.0 Å². The smallest absolute Gasteiger partial charge is 0.241 e. The number of carbonyl (C=O) groups is 2. The fourth-order valence-corrected chi connectivity index (χ4v) is 4.23. The van der Waals surface area contributed by atoms with Crippen LogP contribution in [0.25, 0.3) is 0 Å². The molecule has 2 saturated heterocycles. The zero-order valence-electron chi connectivity index (χ0n) is 18.3. The molecule has 0 saturated carbocycles. The van der Waals surface area contributed by atoms with Gasteiger partial charge in [0.2, 0.25) is 11.8 Å². The molecule has 1 aromatic heterocycles. The number of amides is 2. The summed E-state index contributed by atoms with van der Waals surface area (Å²) in [7, 11) is 3.13. The second-order valence-corrected chi connectivity index (χ2v) is 8.10. The van der Waals surface area contributed by atoms with E-state index < -0.39 is 0 Å². The van der Waals surface area contributed by atoms with Gasteiger partial charge in [0, 0.05) is 43.2 Å². The molecule has 2 aliphatic rings. The van der Waals surface area contributed by atoms with Crippen LogP contribution >= 0.6 is 0 Å². The number of hydrogen-bond donors (Lipinski definition) is 3. The van der Waals surface area contributed by atoms with Crippen LogP contribution in [0.4, 0.5) is 5.69 Å². The lowest BCUT2D eigenvalue weighted by Crippen LogP contribution is -2.50. The average molecular weight is 440 g/mol. The quantitative estimate of drug-likeness (QED) is 0.631. The van der Waals surface area contributed by atoms with E-state index in [0.717, 1.165) is 18.5 Å². The van der Waals surface area contributed by atoms with Gasteiger partial charge in [-0.3, -0.25) is 14.6 Å². The third kappa shape index (κ3) is 5.00. The van der Waals surface area contributed by atoms with Crippen molar-refractivity contribution in [2.24, 2.45) is 5.92 Å². The van der Waals surface area contributed by atoms with Gasteiger partial charge in [-0.2, -0.15) is 0 Å². The van der Waals surface area contributed by atoms with E-state index in [4.69, 9.17) is 9.47 Å². The highest BCUT2D eigenvalue weighted by molar-refractivity contribution is 5.93. The first-order valence-electron chi connectivity index (χ1n) is 10.8. The summed E-state index contributed by atoms with van der Waals surface area (Å²) in [5.41, 5.74) is 7.78. The van der Waals surface area contributed by atoms with Crippen molar-refractivity contribution in [2.45, 2.75) is 31.3 Å². The Hall–Kier alpha value is -3.17. The number of likely N-dealkylation sites (tertiary alicyclic amines) is 1. The van der Waals surface area contributed by atoms with Gasteiger partial charge in [-0.1, -0.05) is 6.07 Å². The standard InChI is InChI=1S/C23H29N5O4/c1-31-17-10-16(11-18(12-17)32-2)25-22(29)15-6-5-9-28(14-15)23(30)21-13-20(26-27-21)19-7-3-4-8-24-19/h3-4,7-8,10-12,15,20-21,26-27H,5-6,9,13-14H2,1-2H3,(H,25,29). The third-order valence-corrected chi connectivity index (χ3v) is 5.97. The van der Waals surface area contributed by atoms with Crippen LogP contribution in [0.15, 0.2) is 42.6 Å². The van der Waals surface area contributed by atoms with Crippen LogP contribution in [-0.4, -0.2) is 55.0 Å². The maximum absolute atomic E-state index is 13.1. The minimum Gasteiger partial charge on any atom is -0.497 e. The SMILES string of the molecule is COc1cc(NC(=O)C2CCCN(C(=O)C3CC(c4ccccn4)NN3)C2)cc(OC)c1. The summed E-state index contributed by atoms with van der Waals surface area (Å²) < 4.78 is 10.5. The van der Waals surface area contributed by atoms with Crippen LogP contribution in [0.3, 0.4) is 0 Å². The first-order chi connectivity index (χ1) is 15.6. The molecule has 0 spiro atoms. The Balaban J connectivity index is 1.36. The van der Waals surface area contributed by atoms with Gasteiger partial charge < -0.3 is 19.7 Å². The van der Waals surface area contributed by atoms with E-state index >= 15 is 0 Å². The molecule has 2 aliphatic heterocycles. The van der Waals surface area contributed by atoms with Crippen LogP contribution in [0, 0.1) is 5.92 Å². The van der Waals surface area contributed by atoms with Gasteiger partial charge in [-0.25, -0.2) is 10.9 Å². The Kier molecular flexibility index (Phi) is 6.87. The van der Waals surface area contributed by atoms with Crippen LogP contribution in [0.5, 0.6) is 11.5 Å². The number of ether oxygens (including phenoxy) is 2. The number of benzene rings is 1. The highest BCUT2D eigenvalue weighted by Gasteiger charge is 2.36.